The lowest BCUT2D eigenvalue weighted by Gasteiger charge is -2.33. The normalized spacial score (nSPS) is 30.0. The van der Waals surface area contributed by atoms with E-state index in [1.165, 1.54) is 24.1 Å². The maximum absolute atomic E-state index is 14.7. The predicted octanol–water partition coefficient (Wildman–Crippen LogP) is -0.207. The number of hydrogen-bond donors (Lipinski definition) is 0. The molecule has 10 nitrogen and oxygen atoms in total. The van der Waals surface area contributed by atoms with Gasteiger partial charge in [0.2, 0.25) is 5.91 Å². The van der Waals surface area contributed by atoms with Crippen molar-refractivity contribution in [2.24, 2.45) is 5.92 Å². The van der Waals surface area contributed by atoms with Crippen LogP contribution < -0.4 is 0 Å². The summed E-state index contributed by atoms with van der Waals surface area (Å²) >= 11 is 0. The number of allylic oxidation sites excluding steroid dienone is 1. The number of carbonyl (C=O) groups excluding carboxylic acids is 2. The van der Waals surface area contributed by atoms with Gasteiger partial charge >= 0.3 is 21.2 Å². The highest BCUT2D eigenvalue weighted by Gasteiger charge is 2.54. The Bertz CT molecular complexity index is 730. The van der Waals surface area contributed by atoms with Crippen LogP contribution in [-0.2, 0) is 35.5 Å². The van der Waals surface area contributed by atoms with E-state index in [1.807, 2.05) is 6.92 Å². The number of rotatable bonds is 2. The standard InChI is InChI=1S/C13H18FNO3.2O3S/c1-4-10-8(2)13(3,14)12(18-10)15-6-5-9(16)7-11(15)17;2*1-4(2)3/h5-6,8,10,12H,4,7H2,1-3H3;;/t8-,10-,12-,13-;;/m1../s1. The lowest BCUT2D eigenvalue weighted by molar-refractivity contribution is -0.149. The number of hydrogen-bond acceptors (Lipinski definition) is 9. The molecule has 0 aromatic rings. The topological polar surface area (TPSA) is 149 Å². The number of alkyl halides is 1. The quantitative estimate of drug-likeness (QED) is 0.558. The van der Waals surface area contributed by atoms with E-state index in [-0.39, 0.29) is 24.2 Å². The zero-order chi connectivity index (χ0) is 20.7. The highest BCUT2D eigenvalue weighted by Crippen LogP contribution is 2.42. The molecule has 0 bridgehead atoms. The van der Waals surface area contributed by atoms with Gasteiger partial charge in [-0.3, -0.25) is 14.5 Å². The van der Waals surface area contributed by atoms with E-state index in [9.17, 15) is 14.0 Å². The van der Waals surface area contributed by atoms with Gasteiger partial charge in [0.15, 0.2) is 17.7 Å². The Hall–Kier alpha value is -1.99. The van der Waals surface area contributed by atoms with Crippen LogP contribution in [0.25, 0.3) is 0 Å². The molecule has 2 aliphatic heterocycles. The first-order valence-electron chi connectivity index (χ1n) is 7.24. The zero-order valence-electron chi connectivity index (χ0n) is 14.1. The van der Waals surface area contributed by atoms with Crippen molar-refractivity contribution in [3.8, 4) is 0 Å². The van der Waals surface area contributed by atoms with E-state index in [0.717, 1.165) is 0 Å². The number of amides is 1. The fourth-order valence-electron chi connectivity index (χ4n) is 2.55. The molecule has 2 aliphatic rings. The average molecular weight is 415 g/mol. The van der Waals surface area contributed by atoms with Crippen molar-refractivity contribution < 1.29 is 44.0 Å². The second-order valence-electron chi connectivity index (χ2n) is 5.54. The number of ether oxygens (including phenoxy) is 1. The van der Waals surface area contributed by atoms with Crippen LogP contribution in [0.15, 0.2) is 12.3 Å². The second-order valence-corrected chi connectivity index (χ2v) is 6.36. The fraction of sp³-hybridized carbons (Fsp3) is 0.692. The number of carbonyl (C=O) groups is 2. The Morgan fingerprint density at radius 3 is 2.00 bits per heavy atom. The van der Waals surface area contributed by atoms with Gasteiger partial charge in [0, 0.05) is 12.1 Å². The molecule has 26 heavy (non-hydrogen) atoms. The van der Waals surface area contributed by atoms with Gasteiger partial charge in [-0.15, -0.1) is 25.3 Å². The van der Waals surface area contributed by atoms with Crippen molar-refractivity contribution in [1.82, 2.24) is 4.90 Å². The van der Waals surface area contributed by atoms with Crippen LogP contribution in [0.3, 0.4) is 0 Å². The molecule has 2 rings (SSSR count). The van der Waals surface area contributed by atoms with Crippen LogP contribution in [0, 0.1) is 5.92 Å². The average Bonchev–Trinajstić information content (AvgIpc) is 2.69. The van der Waals surface area contributed by atoms with Crippen molar-refractivity contribution in [2.45, 2.75) is 51.6 Å². The van der Waals surface area contributed by atoms with Crippen LogP contribution in [0.2, 0.25) is 0 Å². The van der Waals surface area contributed by atoms with Gasteiger partial charge in [0.05, 0.1) is 12.5 Å². The maximum atomic E-state index is 14.7. The largest absolute Gasteiger partial charge is 0.425 e. The minimum Gasteiger partial charge on any atom is -0.351 e. The van der Waals surface area contributed by atoms with Gasteiger partial charge in [0.25, 0.3) is 0 Å². The van der Waals surface area contributed by atoms with E-state index >= 15 is 0 Å². The Morgan fingerprint density at radius 1 is 1.19 bits per heavy atom. The Morgan fingerprint density at radius 2 is 1.65 bits per heavy atom. The Labute approximate surface area is 152 Å². The summed E-state index contributed by atoms with van der Waals surface area (Å²) in [5, 5.41) is 0. The van der Waals surface area contributed by atoms with Crippen LogP contribution in [0.1, 0.15) is 33.6 Å². The first-order valence-corrected chi connectivity index (χ1v) is 9.24. The minimum atomic E-state index is -3.11. The maximum Gasteiger partial charge on any atom is 0.425 e. The molecule has 0 unspecified atom stereocenters. The third kappa shape index (κ3) is 7.09. The third-order valence-corrected chi connectivity index (χ3v) is 3.92. The highest BCUT2D eigenvalue weighted by molar-refractivity contribution is 7.59. The molecule has 0 aromatic heterocycles. The van der Waals surface area contributed by atoms with E-state index in [0.29, 0.717) is 6.42 Å². The van der Waals surface area contributed by atoms with Crippen molar-refractivity contribution in [1.29, 1.82) is 0 Å². The molecule has 0 saturated carbocycles. The highest BCUT2D eigenvalue weighted by atomic mass is 32.2. The first kappa shape index (κ1) is 24.0. The van der Waals surface area contributed by atoms with Gasteiger partial charge in [0.1, 0.15) is 0 Å². The lowest BCUT2D eigenvalue weighted by Crippen LogP contribution is -2.49. The monoisotopic (exact) mass is 415 g/mol. The SMILES string of the molecule is CC[C@H]1O[C@@H](N2C=CC(=O)CC2=O)[C@](C)(F)[C@@H]1C.O=S(=O)=O.O=S(=O)=O. The molecule has 2 heterocycles. The molecular weight excluding hydrogens is 397 g/mol. The van der Waals surface area contributed by atoms with Gasteiger partial charge in [-0.2, -0.15) is 0 Å². The van der Waals surface area contributed by atoms with E-state index in [1.54, 1.807) is 6.92 Å². The van der Waals surface area contributed by atoms with Crippen molar-refractivity contribution in [3.63, 3.8) is 0 Å². The molecule has 0 spiro atoms. The van der Waals surface area contributed by atoms with E-state index in [2.05, 4.69) is 0 Å². The van der Waals surface area contributed by atoms with Crippen LogP contribution in [-0.4, -0.2) is 59.8 Å². The molecule has 1 fully saturated rings. The summed E-state index contributed by atoms with van der Waals surface area (Å²) in [6.07, 6.45) is 1.98. The minimum absolute atomic E-state index is 0.205. The third-order valence-electron chi connectivity index (χ3n) is 3.92. The number of nitrogens with zero attached hydrogens (tertiary/aromatic N) is 1. The first-order chi connectivity index (χ1) is 11.8. The molecule has 4 atom stereocenters. The number of ketones is 1. The molecule has 1 amide bonds. The summed E-state index contributed by atoms with van der Waals surface area (Å²) in [7, 11) is -6.22. The molecule has 1 saturated heterocycles. The van der Waals surface area contributed by atoms with Gasteiger partial charge < -0.3 is 4.74 Å². The summed E-state index contributed by atoms with van der Waals surface area (Å²) < 4.78 is 71.0. The Balaban J connectivity index is 0.000000662. The smallest absolute Gasteiger partial charge is 0.351 e. The molecule has 0 radical (unpaired) electrons. The fourth-order valence-corrected chi connectivity index (χ4v) is 2.55. The second kappa shape index (κ2) is 10.2. The molecule has 0 aliphatic carbocycles. The summed E-state index contributed by atoms with van der Waals surface area (Å²) in [6, 6.07) is 0. The van der Waals surface area contributed by atoms with E-state index < -0.39 is 39.0 Å². The number of halogens is 1. The van der Waals surface area contributed by atoms with Crippen molar-refractivity contribution >= 4 is 32.9 Å². The van der Waals surface area contributed by atoms with Crippen molar-refractivity contribution in [3.05, 3.63) is 12.3 Å². The lowest BCUT2D eigenvalue weighted by atomic mass is 9.88. The van der Waals surface area contributed by atoms with Gasteiger partial charge in [-0.1, -0.05) is 13.8 Å². The molecule has 148 valence electrons. The summed E-state index contributed by atoms with van der Waals surface area (Å²) in [5.74, 6) is -0.943. The molecular formula is C13H18FNO9S2. The summed E-state index contributed by atoms with van der Waals surface area (Å²) in [4.78, 5) is 24.1. The van der Waals surface area contributed by atoms with Gasteiger partial charge in [-0.05, 0) is 19.4 Å². The summed E-state index contributed by atoms with van der Waals surface area (Å²) in [5.41, 5.74) is -1.61. The van der Waals surface area contributed by atoms with Crippen LogP contribution >= 0.6 is 0 Å². The van der Waals surface area contributed by atoms with Crippen LogP contribution in [0.5, 0.6) is 0 Å². The zero-order valence-corrected chi connectivity index (χ0v) is 15.7. The summed E-state index contributed by atoms with van der Waals surface area (Å²) in [6.45, 7) is 5.17. The molecule has 13 heteroatoms. The molecule has 0 N–H and O–H groups in total. The molecule has 0 aromatic carbocycles. The van der Waals surface area contributed by atoms with Crippen LogP contribution in [0.4, 0.5) is 4.39 Å². The van der Waals surface area contributed by atoms with Crippen molar-refractivity contribution in [2.75, 3.05) is 0 Å². The Kier molecular flexibility index (Phi) is 9.45. The van der Waals surface area contributed by atoms with E-state index in [4.69, 9.17) is 30.0 Å². The van der Waals surface area contributed by atoms with Gasteiger partial charge in [-0.25, -0.2) is 4.39 Å². The predicted molar refractivity (Wildman–Crippen MR) is 82.6 cm³/mol.